The zero-order valence-corrected chi connectivity index (χ0v) is 18.6. The van der Waals surface area contributed by atoms with Crippen LogP contribution in [0.15, 0.2) is 48.5 Å². The molecule has 2 aliphatic rings. The molecule has 3 amide bonds. The maximum atomic E-state index is 13.1. The molecular formula is C23H27N3O4S. The van der Waals surface area contributed by atoms with Gasteiger partial charge in [-0.25, -0.2) is 4.79 Å². The van der Waals surface area contributed by atoms with Crippen molar-refractivity contribution in [2.45, 2.75) is 17.7 Å². The molecule has 164 valence electrons. The molecule has 2 aromatic carbocycles. The lowest BCUT2D eigenvalue weighted by Gasteiger charge is -2.44. The first-order valence-electron chi connectivity index (χ1n) is 10.4. The number of benzene rings is 2. The molecule has 2 fully saturated rings. The summed E-state index contributed by atoms with van der Waals surface area (Å²) >= 11 is 1.84. The molecule has 4 rings (SSSR count). The fourth-order valence-electron chi connectivity index (χ4n) is 4.20. The van der Waals surface area contributed by atoms with Gasteiger partial charge in [-0.2, -0.15) is 0 Å². The van der Waals surface area contributed by atoms with Crippen LogP contribution in [0.1, 0.15) is 23.2 Å². The average molecular weight is 442 g/mol. The number of amides is 3. The smallest absolute Gasteiger partial charge is 0.321 e. The standard InChI is InChI=1S/C23H27N3O4S/c1-29-18-8-9-19(20(16-18)30-2)24-22(28)25-12-10-23(11-13-25)26(14-15-31-23)21(27)17-6-4-3-5-7-17/h3-9,16H,10-15H2,1-2H3,(H,24,28). The number of ether oxygens (including phenoxy) is 2. The summed E-state index contributed by atoms with van der Waals surface area (Å²) in [5.41, 5.74) is 1.32. The minimum Gasteiger partial charge on any atom is -0.497 e. The van der Waals surface area contributed by atoms with Crippen molar-refractivity contribution in [2.75, 3.05) is 44.9 Å². The van der Waals surface area contributed by atoms with Crippen molar-refractivity contribution < 1.29 is 19.1 Å². The van der Waals surface area contributed by atoms with E-state index in [1.165, 1.54) is 0 Å². The van der Waals surface area contributed by atoms with Gasteiger partial charge in [0.25, 0.3) is 5.91 Å². The number of piperidine rings is 1. The van der Waals surface area contributed by atoms with E-state index in [1.807, 2.05) is 47.0 Å². The number of nitrogens with one attached hydrogen (secondary N) is 1. The molecule has 7 nitrogen and oxygen atoms in total. The van der Waals surface area contributed by atoms with Crippen molar-refractivity contribution in [3.8, 4) is 11.5 Å². The van der Waals surface area contributed by atoms with Crippen LogP contribution in [0, 0.1) is 0 Å². The number of hydrogen-bond donors (Lipinski definition) is 1. The van der Waals surface area contributed by atoms with Crippen molar-refractivity contribution in [1.82, 2.24) is 9.80 Å². The largest absolute Gasteiger partial charge is 0.497 e. The Morgan fingerprint density at radius 3 is 2.42 bits per heavy atom. The van der Waals surface area contributed by atoms with Crippen LogP contribution in [0.3, 0.4) is 0 Å². The number of likely N-dealkylation sites (tertiary alicyclic amines) is 1. The number of urea groups is 1. The molecule has 0 unspecified atom stereocenters. The third kappa shape index (κ3) is 4.30. The number of carbonyl (C=O) groups is 2. The number of nitrogens with zero attached hydrogens (tertiary/aromatic N) is 2. The highest BCUT2D eigenvalue weighted by Gasteiger charge is 2.47. The zero-order chi connectivity index (χ0) is 21.8. The summed E-state index contributed by atoms with van der Waals surface area (Å²) < 4.78 is 10.6. The minimum atomic E-state index is -0.235. The van der Waals surface area contributed by atoms with Crippen LogP contribution in [-0.4, -0.2) is 66.2 Å². The van der Waals surface area contributed by atoms with Gasteiger partial charge < -0.3 is 24.6 Å². The van der Waals surface area contributed by atoms with E-state index in [0.717, 1.165) is 30.7 Å². The summed E-state index contributed by atoms with van der Waals surface area (Å²) in [6.07, 6.45) is 1.51. The van der Waals surface area contributed by atoms with E-state index in [1.54, 1.807) is 37.3 Å². The molecule has 1 spiro atoms. The fourth-order valence-corrected chi connectivity index (χ4v) is 5.66. The Morgan fingerprint density at radius 2 is 1.74 bits per heavy atom. The lowest BCUT2D eigenvalue weighted by molar-refractivity contribution is 0.0585. The highest BCUT2D eigenvalue weighted by Crippen LogP contribution is 2.44. The Bertz CT molecular complexity index is 945. The topological polar surface area (TPSA) is 71.1 Å². The van der Waals surface area contributed by atoms with E-state index >= 15 is 0 Å². The second-order valence-electron chi connectivity index (χ2n) is 7.60. The lowest BCUT2D eigenvalue weighted by atomic mass is 10.0. The molecule has 2 aliphatic heterocycles. The predicted octanol–water partition coefficient (Wildman–Crippen LogP) is 3.92. The van der Waals surface area contributed by atoms with Gasteiger partial charge in [-0.05, 0) is 37.1 Å². The van der Waals surface area contributed by atoms with Crippen LogP contribution in [0.5, 0.6) is 11.5 Å². The van der Waals surface area contributed by atoms with Gasteiger partial charge in [0.2, 0.25) is 0 Å². The van der Waals surface area contributed by atoms with Crippen molar-refractivity contribution in [1.29, 1.82) is 0 Å². The summed E-state index contributed by atoms with van der Waals surface area (Å²) in [7, 11) is 3.15. The van der Waals surface area contributed by atoms with Gasteiger partial charge in [-0.3, -0.25) is 4.79 Å². The molecule has 1 N–H and O–H groups in total. The minimum absolute atomic E-state index is 0.0754. The third-order valence-electron chi connectivity index (χ3n) is 5.93. The molecule has 0 aliphatic carbocycles. The molecule has 0 radical (unpaired) electrons. The van der Waals surface area contributed by atoms with Gasteiger partial charge in [0, 0.05) is 37.0 Å². The third-order valence-corrected chi connectivity index (χ3v) is 7.48. The molecule has 0 atom stereocenters. The molecule has 8 heteroatoms. The number of carbonyl (C=O) groups excluding carboxylic acids is 2. The van der Waals surface area contributed by atoms with Gasteiger partial charge in [0.05, 0.1) is 24.8 Å². The summed E-state index contributed by atoms with van der Waals surface area (Å²) in [5, 5.41) is 2.94. The number of thioether (sulfide) groups is 1. The number of methoxy groups -OCH3 is 2. The SMILES string of the molecule is COc1ccc(NC(=O)N2CCC3(CC2)SCCN3C(=O)c2ccccc2)c(OC)c1. The quantitative estimate of drug-likeness (QED) is 0.779. The van der Waals surface area contributed by atoms with Crippen LogP contribution in [0.2, 0.25) is 0 Å². The normalized spacial score (nSPS) is 17.5. The predicted molar refractivity (Wildman–Crippen MR) is 122 cm³/mol. The van der Waals surface area contributed by atoms with Gasteiger partial charge in [0.1, 0.15) is 11.5 Å². The molecule has 0 bridgehead atoms. The Hall–Kier alpha value is -2.87. The first-order valence-corrected chi connectivity index (χ1v) is 11.3. The van der Waals surface area contributed by atoms with E-state index in [0.29, 0.717) is 30.3 Å². The Labute approximate surface area is 186 Å². The highest BCUT2D eigenvalue weighted by molar-refractivity contribution is 8.00. The fraction of sp³-hybridized carbons (Fsp3) is 0.391. The highest BCUT2D eigenvalue weighted by atomic mass is 32.2. The van der Waals surface area contributed by atoms with Gasteiger partial charge in [0.15, 0.2) is 0 Å². The van der Waals surface area contributed by atoms with Crippen LogP contribution < -0.4 is 14.8 Å². The van der Waals surface area contributed by atoms with Crippen molar-refractivity contribution in [3.05, 3.63) is 54.1 Å². The number of rotatable bonds is 4. The maximum Gasteiger partial charge on any atom is 0.321 e. The second kappa shape index (κ2) is 9.09. The van der Waals surface area contributed by atoms with E-state index in [2.05, 4.69) is 5.32 Å². The van der Waals surface area contributed by atoms with Gasteiger partial charge in [-0.1, -0.05) is 18.2 Å². The second-order valence-corrected chi connectivity index (χ2v) is 9.06. The Morgan fingerprint density at radius 1 is 1.00 bits per heavy atom. The Balaban J connectivity index is 1.41. The molecule has 0 saturated carbocycles. The van der Waals surface area contributed by atoms with E-state index < -0.39 is 0 Å². The van der Waals surface area contributed by atoms with Crippen LogP contribution in [0.25, 0.3) is 0 Å². The van der Waals surface area contributed by atoms with Crippen molar-refractivity contribution in [2.24, 2.45) is 0 Å². The van der Waals surface area contributed by atoms with E-state index in [9.17, 15) is 9.59 Å². The molecule has 0 aromatic heterocycles. The van der Waals surface area contributed by atoms with Crippen LogP contribution in [0.4, 0.5) is 10.5 Å². The Kier molecular flexibility index (Phi) is 6.27. The van der Waals surface area contributed by atoms with Crippen molar-refractivity contribution >= 4 is 29.4 Å². The molecular weight excluding hydrogens is 414 g/mol. The van der Waals surface area contributed by atoms with Crippen LogP contribution in [-0.2, 0) is 0 Å². The van der Waals surface area contributed by atoms with Gasteiger partial charge >= 0.3 is 6.03 Å². The lowest BCUT2D eigenvalue weighted by Crippen LogP contribution is -2.54. The summed E-state index contributed by atoms with van der Waals surface area (Å²) in [5.74, 6) is 2.21. The molecule has 2 saturated heterocycles. The average Bonchev–Trinajstić information content (AvgIpc) is 3.22. The van der Waals surface area contributed by atoms with E-state index in [4.69, 9.17) is 9.47 Å². The summed E-state index contributed by atoms with van der Waals surface area (Å²) in [6.45, 7) is 1.93. The molecule has 31 heavy (non-hydrogen) atoms. The van der Waals surface area contributed by atoms with Crippen LogP contribution >= 0.6 is 11.8 Å². The maximum absolute atomic E-state index is 13.1. The summed E-state index contributed by atoms with van der Waals surface area (Å²) in [6, 6.07) is 14.6. The summed E-state index contributed by atoms with van der Waals surface area (Å²) in [4.78, 5) is 29.5. The first kappa shape index (κ1) is 21.4. The number of hydrogen-bond acceptors (Lipinski definition) is 5. The number of anilines is 1. The molecule has 2 heterocycles. The van der Waals surface area contributed by atoms with E-state index in [-0.39, 0.29) is 16.8 Å². The van der Waals surface area contributed by atoms with Gasteiger partial charge in [-0.15, -0.1) is 11.8 Å². The molecule has 2 aromatic rings. The first-order chi connectivity index (χ1) is 15.1. The van der Waals surface area contributed by atoms with Crippen molar-refractivity contribution in [3.63, 3.8) is 0 Å². The monoisotopic (exact) mass is 441 g/mol. The zero-order valence-electron chi connectivity index (χ0n) is 17.8.